The van der Waals surface area contributed by atoms with Crippen molar-refractivity contribution in [3.8, 4) is 6.07 Å². The standard InChI is InChI=1S/C18H23N5O2/c1-3-23(10-4-9-19)16-8-5-14(13(2)11-16)12-20-22-18(25)17(24)21-15-6-7-15/h5,8,11-12,15H,3-4,6-7,10H2,1-2H3,(H,21,24)(H,22,25)/b20-12-. The summed E-state index contributed by atoms with van der Waals surface area (Å²) in [6.07, 6.45) is 3.85. The van der Waals surface area contributed by atoms with Crippen molar-refractivity contribution >= 4 is 23.7 Å². The minimum absolute atomic E-state index is 0.138. The molecule has 1 aliphatic carbocycles. The Morgan fingerprint density at radius 3 is 2.76 bits per heavy atom. The van der Waals surface area contributed by atoms with Gasteiger partial charge < -0.3 is 10.2 Å². The van der Waals surface area contributed by atoms with E-state index < -0.39 is 11.8 Å². The van der Waals surface area contributed by atoms with E-state index in [0.717, 1.165) is 36.2 Å². The molecular formula is C18H23N5O2. The molecule has 0 radical (unpaired) electrons. The monoisotopic (exact) mass is 341 g/mol. The van der Waals surface area contributed by atoms with Crippen LogP contribution in [0, 0.1) is 18.3 Å². The zero-order chi connectivity index (χ0) is 18.2. The van der Waals surface area contributed by atoms with Gasteiger partial charge in [0.05, 0.1) is 18.7 Å². The smallest absolute Gasteiger partial charge is 0.329 e. The average Bonchev–Trinajstić information content (AvgIpc) is 3.41. The fraction of sp³-hybridized carbons (Fsp3) is 0.444. The molecule has 1 saturated carbocycles. The first kappa shape index (κ1) is 18.5. The minimum Gasteiger partial charge on any atom is -0.371 e. The Morgan fingerprint density at radius 1 is 1.40 bits per heavy atom. The zero-order valence-corrected chi connectivity index (χ0v) is 14.6. The molecule has 0 heterocycles. The second-order valence-corrected chi connectivity index (χ2v) is 5.98. The molecule has 0 atom stereocenters. The predicted molar refractivity (Wildman–Crippen MR) is 96.2 cm³/mol. The average molecular weight is 341 g/mol. The van der Waals surface area contributed by atoms with Gasteiger partial charge in [-0.25, -0.2) is 5.43 Å². The van der Waals surface area contributed by atoms with Crippen molar-refractivity contribution < 1.29 is 9.59 Å². The van der Waals surface area contributed by atoms with Crippen LogP contribution in [0.15, 0.2) is 23.3 Å². The molecule has 2 rings (SSSR count). The van der Waals surface area contributed by atoms with Gasteiger partial charge in [0.2, 0.25) is 0 Å². The Labute approximate surface area is 147 Å². The molecule has 1 aromatic carbocycles. The fourth-order valence-electron chi connectivity index (χ4n) is 2.35. The Hall–Kier alpha value is -2.88. The number of hydrogen-bond donors (Lipinski definition) is 2. The number of carbonyl (C=O) groups excluding carboxylic acids is 2. The first-order valence-corrected chi connectivity index (χ1v) is 8.41. The number of nitrogens with one attached hydrogen (secondary N) is 2. The van der Waals surface area contributed by atoms with Crippen LogP contribution in [0.1, 0.15) is 37.3 Å². The van der Waals surface area contributed by atoms with Gasteiger partial charge in [0.1, 0.15) is 0 Å². The molecule has 0 unspecified atom stereocenters. The van der Waals surface area contributed by atoms with Crippen LogP contribution in [0.4, 0.5) is 5.69 Å². The normalized spacial score (nSPS) is 13.3. The van der Waals surface area contributed by atoms with E-state index in [0.29, 0.717) is 13.0 Å². The molecular weight excluding hydrogens is 318 g/mol. The number of hydrazone groups is 1. The van der Waals surface area contributed by atoms with E-state index in [9.17, 15) is 9.59 Å². The minimum atomic E-state index is -0.758. The van der Waals surface area contributed by atoms with Gasteiger partial charge >= 0.3 is 11.8 Å². The molecule has 0 saturated heterocycles. The Bertz CT molecular complexity index is 704. The van der Waals surface area contributed by atoms with E-state index >= 15 is 0 Å². The van der Waals surface area contributed by atoms with Crippen molar-refractivity contribution in [2.75, 3.05) is 18.0 Å². The lowest BCUT2D eigenvalue weighted by Gasteiger charge is -2.22. The number of benzene rings is 1. The van der Waals surface area contributed by atoms with E-state index in [4.69, 9.17) is 5.26 Å². The van der Waals surface area contributed by atoms with Crippen molar-refractivity contribution in [3.05, 3.63) is 29.3 Å². The highest BCUT2D eigenvalue weighted by atomic mass is 16.2. The van der Waals surface area contributed by atoms with E-state index in [1.54, 1.807) is 0 Å². The summed E-state index contributed by atoms with van der Waals surface area (Å²) in [4.78, 5) is 25.2. The first-order chi connectivity index (χ1) is 12.0. The summed E-state index contributed by atoms with van der Waals surface area (Å²) in [5.74, 6) is -1.41. The van der Waals surface area contributed by atoms with Gasteiger partial charge in [-0.15, -0.1) is 0 Å². The molecule has 2 amide bonds. The van der Waals surface area contributed by atoms with Crippen LogP contribution in [0.5, 0.6) is 0 Å². The van der Waals surface area contributed by atoms with E-state index in [1.807, 2.05) is 32.0 Å². The molecule has 0 bridgehead atoms. The van der Waals surface area contributed by atoms with Crippen molar-refractivity contribution in [2.45, 2.75) is 39.2 Å². The van der Waals surface area contributed by atoms with Crippen molar-refractivity contribution in [1.29, 1.82) is 5.26 Å². The quantitative estimate of drug-likeness (QED) is 0.446. The zero-order valence-electron chi connectivity index (χ0n) is 14.6. The highest BCUT2D eigenvalue weighted by Gasteiger charge is 2.26. The Kier molecular flexibility index (Phi) is 6.52. The number of aryl methyl sites for hydroxylation is 1. The summed E-state index contributed by atoms with van der Waals surface area (Å²) in [5.41, 5.74) is 5.13. The summed E-state index contributed by atoms with van der Waals surface area (Å²) in [6.45, 7) is 5.50. The SMILES string of the molecule is CCN(CCC#N)c1ccc(/C=N\NC(=O)C(=O)NC2CC2)c(C)c1. The van der Waals surface area contributed by atoms with Crippen molar-refractivity contribution in [3.63, 3.8) is 0 Å². The molecule has 0 spiro atoms. The molecule has 1 aromatic rings. The van der Waals surface area contributed by atoms with E-state index in [2.05, 4.69) is 26.8 Å². The summed E-state index contributed by atoms with van der Waals surface area (Å²) in [5, 5.41) is 15.2. The summed E-state index contributed by atoms with van der Waals surface area (Å²) >= 11 is 0. The maximum absolute atomic E-state index is 11.6. The lowest BCUT2D eigenvalue weighted by atomic mass is 10.1. The Morgan fingerprint density at radius 2 is 2.16 bits per heavy atom. The van der Waals surface area contributed by atoms with Gasteiger partial charge in [0.25, 0.3) is 0 Å². The van der Waals surface area contributed by atoms with Gasteiger partial charge in [0.15, 0.2) is 0 Å². The first-order valence-electron chi connectivity index (χ1n) is 8.41. The van der Waals surface area contributed by atoms with Gasteiger partial charge in [-0.05, 0) is 49.9 Å². The Balaban J connectivity index is 1.94. The maximum atomic E-state index is 11.6. The third-order valence-electron chi connectivity index (χ3n) is 3.98. The number of rotatable bonds is 7. The second-order valence-electron chi connectivity index (χ2n) is 5.98. The molecule has 0 aromatic heterocycles. The van der Waals surface area contributed by atoms with Gasteiger partial charge in [-0.3, -0.25) is 9.59 Å². The molecule has 132 valence electrons. The van der Waals surface area contributed by atoms with Crippen molar-refractivity contribution in [2.24, 2.45) is 5.10 Å². The largest absolute Gasteiger partial charge is 0.371 e. The highest BCUT2D eigenvalue weighted by Crippen LogP contribution is 2.19. The van der Waals surface area contributed by atoms with Crippen LogP contribution in [0.3, 0.4) is 0 Å². The fourth-order valence-corrected chi connectivity index (χ4v) is 2.35. The van der Waals surface area contributed by atoms with Crippen LogP contribution in [0.25, 0.3) is 0 Å². The van der Waals surface area contributed by atoms with Crippen LogP contribution < -0.4 is 15.6 Å². The second kappa shape index (κ2) is 8.83. The number of carbonyl (C=O) groups is 2. The van der Waals surface area contributed by atoms with Crippen molar-refractivity contribution in [1.82, 2.24) is 10.7 Å². The number of hydrogen-bond acceptors (Lipinski definition) is 5. The maximum Gasteiger partial charge on any atom is 0.329 e. The van der Waals surface area contributed by atoms with Crippen LogP contribution in [-0.2, 0) is 9.59 Å². The van der Waals surface area contributed by atoms with Gasteiger partial charge in [-0.2, -0.15) is 10.4 Å². The summed E-state index contributed by atoms with van der Waals surface area (Å²) in [6, 6.07) is 8.17. The molecule has 7 nitrogen and oxygen atoms in total. The third-order valence-corrected chi connectivity index (χ3v) is 3.98. The number of nitriles is 1. The van der Waals surface area contributed by atoms with E-state index in [-0.39, 0.29) is 6.04 Å². The third kappa shape index (κ3) is 5.60. The lowest BCUT2D eigenvalue weighted by molar-refractivity contribution is -0.139. The molecule has 2 N–H and O–H groups in total. The molecule has 25 heavy (non-hydrogen) atoms. The molecule has 1 fully saturated rings. The number of amides is 2. The number of nitrogens with zero attached hydrogens (tertiary/aromatic N) is 3. The predicted octanol–water partition coefficient (Wildman–Crippen LogP) is 1.46. The van der Waals surface area contributed by atoms with Gasteiger partial charge in [0, 0.05) is 24.8 Å². The van der Waals surface area contributed by atoms with Gasteiger partial charge in [-0.1, -0.05) is 6.07 Å². The van der Waals surface area contributed by atoms with Crippen LogP contribution in [-0.4, -0.2) is 37.2 Å². The van der Waals surface area contributed by atoms with E-state index in [1.165, 1.54) is 6.21 Å². The van der Waals surface area contributed by atoms with Crippen LogP contribution in [0.2, 0.25) is 0 Å². The summed E-state index contributed by atoms with van der Waals surface area (Å²) < 4.78 is 0. The summed E-state index contributed by atoms with van der Waals surface area (Å²) in [7, 11) is 0. The molecule has 1 aliphatic rings. The molecule has 7 heteroatoms. The topological polar surface area (TPSA) is 97.6 Å². The highest BCUT2D eigenvalue weighted by molar-refractivity contribution is 6.35. The molecule has 0 aliphatic heterocycles. The van der Waals surface area contributed by atoms with Crippen LogP contribution >= 0.6 is 0 Å². The lowest BCUT2D eigenvalue weighted by Crippen LogP contribution is -2.38. The number of anilines is 1.